The van der Waals surface area contributed by atoms with Crippen LogP contribution in [0.4, 0.5) is 5.69 Å². The van der Waals surface area contributed by atoms with E-state index in [0.717, 1.165) is 17.9 Å². The molecule has 0 fully saturated rings. The molecule has 9 heteroatoms. The summed E-state index contributed by atoms with van der Waals surface area (Å²) < 4.78 is 33.4. The number of nitrogens with zero attached hydrogens (tertiary/aromatic N) is 1. The Hall–Kier alpha value is -1.07. The van der Waals surface area contributed by atoms with E-state index in [9.17, 15) is 8.42 Å². The number of halogens is 1. The molecule has 2 N–H and O–H groups in total. The number of sulfone groups is 1. The van der Waals surface area contributed by atoms with Crippen molar-refractivity contribution in [1.29, 1.82) is 0 Å². The minimum atomic E-state index is -3.20. The summed E-state index contributed by atoms with van der Waals surface area (Å²) in [6.45, 7) is 7.36. The molecule has 0 heterocycles. The van der Waals surface area contributed by atoms with E-state index in [1.807, 2.05) is 31.2 Å². The predicted molar refractivity (Wildman–Crippen MR) is 122 cm³/mol. The summed E-state index contributed by atoms with van der Waals surface area (Å²) in [5.74, 6) is 1.28. The Bertz CT molecular complexity index is 694. The second-order valence-corrected chi connectivity index (χ2v) is 9.22. The van der Waals surface area contributed by atoms with Crippen LogP contribution < -0.4 is 15.4 Å². The first kappa shape index (κ1) is 25.9. The van der Waals surface area contributed by atoms with Gasteiger partial charge in [-0.3, -0.25) is 4.99 Å². The van der Waals surface area contributed by atoms with Crippen LogP contribution in [0.1, 0.15) is 27.2 Å². The number of rotatable bonds is 10. The van der Waals surface area contributed by atoms with Crippen molar-refractivity contribution in [3.63, 3.8) is 0 Å². The largest absolute Gasteiger partial charge is 0.493 e. The number of hydrogen-bond acceptors (Lipinski definition) is 5. The van der Waals surface area contributed by atoms with E-state index < -0.39 is 14.6 Å². The van der Waals surface area contributed by atoms with Crippen LogP contribution in [0, 0.1) is 0 Å². The molecule has 0 aliphatic rings. The summed E-state index contributed by atoms with van der Waals surface area (Å²) in [5, 5.41) is 6.31. The highest BCUT2D eigenvalue weighted by molar-refractivity contribution is 14.0. The zero-order chi connectivity index (χ0) is 19.6. The van der Waals surface area contributed by atoms with Crippen LogP contribution in [0.5, 0.6) is 5.75 Å². The van der Waals surface area contributed by atoms with Gasteiger partial charge < -0.3 is 20.1 Å². The number of nitrogens with one attached hydrogen (secondary N) is 2. The molecule has 0 bridgehead atoms. The van der Waals surface area contributed by atoms with Gasteiger partial charge in [-0.15, -0.1) is 24.0 Å². The molecule has 0 radical (unpaired) electrons. The van der Waals surface area contributed by atoms with E-state index in [0.29, 0.717) is 25.7 Å². The van der Waals surface area contributed by atoms with Crippen molar-refractivity contribution in [1.82, 2.24) is 5.32 Å². The summed E-state index contributed by atoms with van der Waals surface area (Å²) in [4.78, 5) is 4.42. The minimum absolute atomic E-state index is 0. The van der Waals surface area contributed by atoms with Gasteiger partial charge in [0.1, 0.15) is 5.75 Å². The summed E-state index contributed by atoms with van der Waals surface area (Å²) in [7, 11) is -1.54. The molecule has 1 aromatic carbocycles. The highest BCUT2D eigenvalue weighted by atomic mass is 127. The van der Waals surface area contributed by atoms with Crippen molar-refractivity contribution in [2.75, 3.05) is 45.0 Å². The van der Waals surface area contributed by atoms with Crippen molar-refractivity contribution < 1.29 is 17.9 Å². The zero-order valence-corrected chi connectivity index (χ0v) is 19.9. The first-order chi connectivity index (χ1) is 12.2. The fourth-order valence-electron chi connectivity index (χ4n) is 1.89. The molecule has 1 aromatic rings. The lowest BCUT2D eigenvalue weighted by molar-refractivity contribution is 0.172. The van der Waals surface area contributed by atoms with Gasteiger partial charge in [0.2, 0.25) is 0 Å². The maximum absolute atomic E-state index is 11.8. The second-order valence-electron chi connectivity index (χ2n) is 6.57. The normalized spacial score (nSPS) is 12.3. The second kappa shape index (κ2) is 12.4. The summed E-state index contributed by atoms with van der Waals surface area (Å²) in [5.41, 5.74) is 0.811. The van der Waals surface area contributed by atoms with Crippen LogP contribution in [0.25, 0.3) is 0 Å². The predicted octanol–water partition coefficient (Wildman–Crippen LogP) is 2.92. The maximum Gasteiger partial charge on any atom is 0.195 e. The Balaban J connectivity index is 0.00000676. The fraction of sp³-hybridized carbons (Fsp3) is 0.611. The molecule has 0 aliphatic carbocycles. The summed E-state index contributed by atoms with van der Waals surface area (Å²) in [6, 6.07) is 7.55. The van der Waals surface area contributed by atoms with E-state index in [4.69, 9.17) is 9.47 Å². The number of anilines is 1. The molecule has 7 nitrogen and oxygen atoms in total. The molecule has 0 saturated heterocycles. The maximum atomic E-state index is 11.8. The lowest BCUT2D eigenvalue weighted by Gasteiger charge is -2.21. The molecule has 0 saturated carbocycles. The van der Waals surface area contributed by atoms with Crippen LogP contribution in [-0.2, 0) is 14.6 Å². The molecular formula is C18H32IN3O4S. The number of aliphatic imine (C=N–C) groups is 1. The average molecular weight is 513 g/mol. The van der Waals surface area contributed by atoms with Gasteiger partial charge >= 0.3 is 0 Å². The van der Waals surface area contributed by atoms with Gasteiger partial charge in [0.15, 0.2) is 15.8 Å². The first-order valence-corrected chi connectivity index (χ1v) is 10.6. The minimum Gasteiger partial charge on any atom is -0.493 e. The van der Waals surface area contributed by atoms with Gasteiger partial charge in [-0.2, -0.15) is 0 Å². The Morgan fingerprint density at radius 2 is 1.96 bits per heavy atom. The van der Waals surface area contributed by atoms with E-state index >= 15 is 0 Å². The van der Waals surface area contributed by atoms with Gasteiger partial charge in [0.25, 0.3) is 0 Å². The van der Waals surface area contributed by atoms with Crippen LogP contribution in [0.2, 0.25) is 0 Å². The van der Waals surface area contributed by atoms with Crippen molar-refractivity contribution in [3.8, 4) is 5.75 Å². The fourth-order valence-corrected chi connectivity index (χ4v) is 2.19. The van der Waals surface area contributed by atoms with Crippen molar-refractivity contribution >= 4 is 45.5 Å². The molecule has 0 amide bonds. The number of guanidine groups is 1. The highest BCUT2D eigenvalue weighted by Gasteiger charge is 2.29. The third-order valence-corrected chi connectivity index (χ3v) is 5.96. The lowest BCUT2D eigenvalue weighted by Crippen LogP contribution is -2.37. The molecule has 0 unspecified atom stereocenters. The van der Waals surface area contributed by atoms with Gasteiger partial charge in [-0.25, -0.2) is 8.42 Å². The number of ether oxygens (including phenoxy) is 2. The van der Waals surface area contributed by atoms with Crippen molar-refractivity contribution in [3.05, 3.63) is 24.3 Å². The molecule has 1 rings (SSSR count). The van der Waals surface area contributed by atoms with Crippen LogP contribution in [-0.4, -0.2) is 58.8 Å². The molecule has 0 aromatic heterocycles. The Morgan fingerprint density at radius 1 is 1.26 bits per heavy atom. The zero-order valence-electron chi connectivity index (χ0n) is 16.7. The summed E-state index contributed by atoms with van der Waals surface area (Å²) in [6.07, 6.45) is 2.05. The quantitative estimate of drug-likeness (QED) is 0.217. The highest BCUT2D eigenvalue weighted by Crippen LogP contribution is 2.18. The molecule has 27 heavy (non-hydrogen) atoms. The molecule has 0 aliphatic heterocycles. The number of hydrogen-bond donors (Lipinski definition) is 2. The SMILES string of the molecule is CCNC(=NCC(C)(C)S(C)(=O)=O)Nc1cccc(OCCCOC)c1.I. The standard InChI is InChI=1S/C18H31N3O4S.HI/c1-6-19-17(20-14-18(2,3)26(5,22)23)21-15-9-7-10-16(13-15)25-12-8-11-24-4;/h7,9-10,13H,6,8,11-12,14H2,1-5H3,(H2,19,20,21);1H. The van der Waals surface area contributed by atoms with Crippen molar-refractivity contribution in [2.24, 2.45) is 4.99 Å². The first-order valence-electron chi connectivity index (χ1n) is 8.66. The van der Waals surface area contributed by atoms with Crippen LogP contribution in [0.3, 0.4) is 0 Å². The summed E-state index contributed by atoms with van der Waals surface area (Å²) >= 11 is 0. The van der Waals surface area contributed by atoms with Crippen molar-refractivity contribution in [2.45, 2.75) is 31.9 Å². The van der Waals surface area contributed by atoms with E-state index in [1.165, 1.54) is 6.26 Å². The van der Waals surface area contributed by atoms with E-state index in [1.54, 1.807) is 21.0 Å². The van der Waals surface area contributed by atoms with Gasteiger partial charge in [0, 0.05) is 44.7 Å². The molecular weight excluding hydrogens is 481 g/mol. The number of methoxy groups -OCH3 is 1. The Kier molecular flexibility index (Phi) is 11.9. The van der Waals surface area contributed by atoms with Crippen LogP contribution in [0.15, 0.2) is 29.3 Å². The van der Waals surface area contributed by atoms with Gasteiger partial charge in [-0.05, 0) is 32.9 Å². The van der Waals surface area contributed by atoms with Gasteiger partial charge in [-0.1, -0.05) is 6.07 Å². The van der Waals surface area contributed by atoms with E-state index in [2.05, 4.69) is 15.6 Å². The Labute approximate surface area is 180 Å². The monoisotopic (exact) mass is 513 g/mol. The topological polar surface area (TPSA) is 89.0 Å². The van der Waals surface area contributed by atoms with Crippen LogP contribution >= 0.6 is 24.0 Å². The van der Waals surface area contributed by atoms with E-state index in [-0.39, 0.29) is 30.5 Å². The molecule has 0 spiro atoms. The Morgan fingerprint density at radius 3 is 2.56 bits per heavy atom. The third kappa shape index (κ3) is 9.61. The van der Waals surface area contributed by atoms with Gasteiger partial charge in [0.05, 0.1) is 17.9 Å². The number of benzene rings is 1. The molecule has 0 atom stereocenters. The smallest absolute Gasteiger partial charge is 0.195 e. The molecule has 156 valence electrons. The average Bonchev–Trinajstić information content (AvgIpc) is 2.56. The third-order valence-electron chi connectivity index (χ3n) is 3.82. The lowest BCUT2D eigenvalue weighted by atomic mass is 10.2.